The zero-order chi connectivity index (χ0) is 21.8. The molecule has 2 amide bonds. The van der Waals surface area contributed by atoms with Crippen molar-refractivity contribution in [2.75, 3.05) is 11.9 Å². The van der Waals surface area contributed by atoms with E-state index in [4.69, 9.17) is 9.84 Å². The standard InChI is InChI=1S/C20H17N5O5S/c26-17(27)9-16(18(28)22-19-23-24-25-31-19)21-20(29)30-10-15-13-7-3-1-5-11(13)12-6-2-4-8-14(12)15/h1-8,15-16H,9-10H2,(H,21,29)(H,26,27)(H,22,23,25,28). The number of nitrogens with zero attached hydrogens (tertiary/aromatic N) is 3. The molecule has 10 nitrogen and oxygen atoms in total. The molecule has 2 aromatic carbocycles. The molecule has 0 fully saturated rings. The van der Waals surface area contributed by atoms with E-state index in [9.17, 15) is 14.4 Å². The van der Waals surface area contributed by atoms with Crippen molar-refractivity contribution in [3.63, 3.8) is 0 Å². The van der Waals surface area contributed by atoms with Crippen LogP contribution in [0.3, 0.4) is 0 Å². The van der Waals surface area contributed by atoms with Gasteiger partial charge in [0.2, 0.25) is 11.0 Å². The molecule has 3 aromatic rings. The molecule has 0 aliphatic heterocycles. The van der Waals surface area contributed by atoms with Crippen molar-refractivity contribution in [3.05, 3.63) is 59.7 Å². The second kappa shape index (κ2) is 8.88. The molecule has 1 aromatic heterocycles. The Kier molecular flexibility index (Phi) is 5.85. The number of aromatic nitrogens is 3. The molecule has 0 radical (unpaired) electrons. The Bertz CT molecular complexity index is 1080. The van der Waals surface area contributed by atoms with Crippen LogP contribution in [-0.4, -0.2) is 50.5 Å². The van der Waals surface area contributed by atoms with E-state index in [1.165, 1.54) is 0 Å². The molecule has 1 unspecified atom stereocenters. The average molecular weight is 439 g/mol. The first-order valence-corrected chi connectivity index (χ1v) is 10.1. The molecular formula is C20H17N5O5S. The van der Waals surface area contributed by atoms with Crippen LogP contribution in [-0.2, 0) is 14.3 Å². The number of hydrogen-bond acceptors (Lipinski definition) is 8. The highest BCUT2D eigenvalue weighted by Gasteiger charge is 2.30. The largest absolute Gasteiger partial charge is 0.481 e. The molecule has 0 spiro atoms. The van der Waals surface area contributed by atoms with Gasteiger partial charge in [-0.25, -0.2) is 4.79 Å². The summed E-state index contributed by atoms with van der Waals surface area (Å²) in [5.41, 5.74) is 4.25. The first-order valence-electron chi connectivity index (χ1n) is 9.32. The number of carbonyl (C=O) groups excluding carboxylic acids is 2. The highest BCUT2D eigenvalue weighted by atomic mass is 32.1. The Hall–Kier alpha value is -3.86. The number of fused-ring (bicyclic) bond motifs is 3. The summed E-state index contributed by atoms with van der Waals surface area (Å²) in [6, 6.07) is 14.4. The lowest BCUT2D eigenvalue weighted by molar-refractivity contribution is -0.139. The van der Waals surface area contributed by atoms with Gasteiger partial charge in [-0.15, -0.1) is 0 Å². The minimum absolute atomic E-state index is 0.0432. The van der Waals surface area contributed by atoms with Gasteiger partial charge in [0, 0.05) is 17.5 Å². The maximum atomic E-state index is 12.4. The first-order chi connectivity index (χ1) is 15.0. The zero-order valence-electron chi connectivity index (χ0n) is 16.0. The number of amides is 2. The number of carboxylic acids is 1. The van der Waals surface area contributed by atoms with Crippen LogP contribution < -0.4 is 10.6 Å². The van der Waals surface area contributed by atoms with Crippen LogP contribution in [0.5, 0.6) is 0 Å². The Morgan fingerprint density at radius 2 is 1.71 bits per heavy atom. The fourth-order valence-corrected chi connectivity index (χ4v) is 3.91. The van der Waals surface area contributed by atoms with Gasteiger partial charge in [-0.3, -0.25) is 14.9 Å². The van der Waals surface area contributed by atoms with Gasteiger partial charge < -0.3 is 15.2 Å². The van der Waals surface area contributed by atoms with Crippen molar-refractivity contribution in [1.29, 1.82) is 0 Å². The van der Waals surface area contributed by atoms with Crippen molar-refractivity contribution >= 4 is 34.6 Å². The zero-order valence-corrected chi connectivity index (χ0v) is 16.8. The number of alkyl carbamates (subject to hydrolysis) is 1. The third-order valence-electron chi connectivity index (χ3n) is 4.86. The maximum absolute atomic E-state index is 12.4. The Morgan fingerprint density at radius 3 is 2.29 bits per heavy atom. The molecular weight excluding hydrogens is 422 g/mol. The van der Waals surface area contributed by atoms with Crippen LogP contribution in [0.2, 0.25) is 0 Å². The highest BCUT2D eigenvalue weighted by molar-refractivity contribution is 7.09. The van der Waals surface area contributed by atoms with E-state index >= 15 is 0 Å². The van der Waals surface area contributed by atoms with Crippen LogP contribution in [0, 0.1) is 0 Å². The summed E-state index contributed by atoms with van der Waals surface area (Å²) in [6.45, 7) is 0.0432. The monoisotopic (exact) mass is 439 g/mol. The molecule has 3 N–H and O–H groups in total. The van der Waals surface area contributed by atoms with Crippen molar-refractivity contribution in [3.8, 4) is 11.1 Å². The summed E-state index contributed by atoms with van der Waals surface area (Å²) in [7, 11) is 0. The van der Waals surface area contributed by atoms with Gasteiger partial charge in [0.05, 0.1) is 6.42 Å². The van der Waals surface area contributed by atoms with Gasteiger partial charge >= 0.3 is 12.1 Å². The molecule has 31 heavy (non-hydrogen) atoms. The number of anilines is 1. The third kappa shape index (κ3) is 4.51. The first kappa shape index (κ1) is 20.4. The molecule has 1 atom stereocenters. The molecule has 0 saturated heterocycles. The summed E-state index contributed by atoms with van der Waals surface area (Å²) in [6.07, 6.45) is -1.51. The van der Waals surface area contributed by atoms with E-state index in [1.54, 1.807) is 0 Å². The summed E-state index contributed by atoms with van der Waals surface area (Å²) >= 11 is 0.825. The Labute approximate surface area is 180 Å². The number of carboxylic acid groups (broad SMARTS) is 1. The molecule has 158 valence electrons. The van der Waals surface area contributed by atoms with Crippen LogP contribution in [0.1, 0.15) is 23.5 Å². The Morgan fingerprint density at radius 1 is 1.06 bits per heavy atom. The van der Waals surface area contributed by atoms with Crippen molar-refractivity contribution in [2.45, 2.75) is 18.4 Å². The lowest BCUT2D eigenvalue weighted by atomic mass is 9.98. The number of carbonyl (C=O) groups is 3. The number of aliphatic carboxylic acids is 1. The van der Waals surface area contributed by atoms with E-state index in [1.807, 2.05) is 48.5 Å². The number of rotatable bonds is 7. The molecule has 1 aliphatic carbocycles. The SMILES string of the molecule is O=C(O)CC(NC(=O)OCC1c2ccccc2-c2ccccc21)C(=O)Nc1nnns1. The topological polar surface area (TPSA) is 143 Å². The second-order valence-electron chi connectivity index (χ2n) is 6.78. The van der Waals surface area contributed by atoms with E-state index in [0.29, 0.717) is 0 Å². The Balaban J connectivity index is 1.43. The van der Waals surface area contributed by atoms with E-state index < -0.39 is 30.4 Å². The highest BCUT2D eigenvalue weighted by Crippen LogP contribution is 2.44. The molecule has 1 heterocycles. The number of hydrogen-bond donors (Lipinski definition) is 3. The smallest absolute Gasteiger partial charge is 0.407 e. The van der Waals surface area contributed by atoms with Crippen molar-refractivity contribution in [1.82, 2.24) is 20.1 Å². The van der Waals surface area contributed by atoms with Crippen LogP contribution in [0.25, 0.3) is 11.1 Å². The maximum Gasteiger partial charge on any atom is 0.407 e. The summed E-state index contributed by atoms with van der Waals surface area (Å²) in [5.74, 6) is -2.17. The van der Waals surface area contributed by atoms with Gasteiger partial charge in [-0.2, -0.15) is 0 Å². The predicted molar refractivity (Wildman–Crippen MR) is 111 cm³/mol. The number of benzene rings is 2. The lowest BCUT2D eigenvalue weighted by Gasteiger charge is -2.18. The summed E-state index contributed by atoms with van der Waals surface area (Å²) in [4.78, 5) is 35.8. The normalized spacial score (nSPS) is 13.0. The molecule has 0 saturated carbocycles. The van der Waals surface area contributed by atoms with Crippen molar-refractivity contribution < 1.29 is 24.2 Å². The molecule has 0 bridgehead atoms. The van der Waals surface area contributed by atoms with Crippen LogP contribution >= 0.6 is 11.5 Å². The quantitative estimate of drug-likeness (QED) is 0.509. The van der Waals surface area contributed by atoms with Gasteiger partial charge in [-0.05, 0) is 27.5 Å². The molecule has 1 aliphatic rings. The lowest BCUT2D eigenvalue weighted by Crippen LogP contribution is -2.45. The summed E-state index contributed by atoms with van der Waals surface area (Å²) < 4.78 is 8.88. The third-order valence-corrected chi connectivity index (χ3v) is 5.37. The van der Waals surface area contributed by atoms with E-state index in [-0.39, 0.29) is 17.7 Å². The van der Waals surface area contributed by atoms with Gasteiger partial charge in [0.25, 0.3) is 0 Å². The van der Waals surface area contributed by atoms with Crippen molar-refractivity contribution in [2.24, 2.45) is 0 Å². The second-order valence-corrected chi connectivity index (χ2v) is 7.51. The molecule has 4 rings (SSSR count). The fourth-order valence-electron chi connectivity index (χ4n) is 3.54. The van der Waals surface area contributed by atoms with Gasteiger partial charge in [0.15, 0.2) is 0 Å². The van der Waals surface area contributed by atoms with Gasteiger partial charge in [-0.1, -0.05) is 58.1 Å². The van der Waals surface area contributed by atoms with Crippen LogP contribution in [0.15, 0.2) is 48.5 Å². The van der Waals surface area contributed by atoms with Gasteiger partial charge in [0.1, 0.15) is 12.6 Å². The molecule has 11 heteroatoms. The van der Waals surface area contributed by atoms with E-state index in [0.717, 1.165) is 33.8 Å². The predicted octanol–water partition coefficient (Wildman–Crippen LogP) is 2.25. The minimum atomic E-state index is -1.35. The minimum Gasteiger partial charge on any atom is -0.481 e. The average Bonchev–Trinajstić information content (AvgIpc) is 3.37. The number of ether oxygens (including phenoxy) is 1. The van der Waals surface area contributed by atoms with Crippen LogP contribution in [0.4, 0.5) is 9.93 Å². The van der Waals surface area contributed by atoms with E-state index in [2.05, 4.69) is 25.4 Å². The summed E-state index contributed by atoms with van der Waals surface area (Å²) in [5, 5.41) is 20.8. The number of nitrogens with one attached hydrogen (secondary N) is 2. The fraction of sp³-hybridized carbons (Fsp3) is 0.200.